The van der Waals surface area contributed by atoms with E-state index in [1.807, 2.05) is 0 Å². The van der Waals surface area contributed by atoms with E-state index in [9.17, 15) is 9.59 Å². The molecule has 1 fully saturated rings. The molecule has 0 spiro atoms. The highest BCUT2D eigenvalue weighted by Gasteiger charge is 2.28. The summed E-state index contributed by atoms with van der Waals surface area (Å²) in [4.78, 5) is 30.4. The van der Waals surface area contributed by atoms with Crippen molar-refractivity contribution in [3.63, 3.8) is 0 Å². The van der Waals surface area contributed by atoms with Crippen molar-refractivity contribution >= 4 is 5.91 Å². The zero-order valence-corrected chi connectivity index (χ0v) is 14.5. The van der Waals surface area contributed by atoms with Gasteiger partial charge < -0.3 is 4.90 Å². The van der Waals surface area contributed by atoms with Gasteiger partial charge in [0, 0.05) is 25.6 Å². The van der Waals surface area contributed by atoms with E-state index in [0.29, 0.717) is 30.8 Å². The van der Waals surface area contributed by atoms with Crippen LogP contribution in [0.4, 0.5) is 0 Å². The first-order valence-electron chi connectivity index (χ1n) is 8.68. The Morgan fingerprint density at radius 3 is 2.70 bits per heavy atom. The molecule has 1 aliphatic heterocycles. The average Bonchev–Trinajstić information content (AvgIpc) is 2.51. The zero-order chi connectivity index (χ0) is 16.6. The van der Waals surface area contributed by atoms with Gasteiger partial charge in [0.15, 0.2) is 0 Å². The molecule has 5 nitrogen and oxygen atoms in total. The summed E-state index contributed by atoms with van der Waals surface area (Å²) in [6, 6.07) is 0. The van der Waals surface area contributed by atoms with Crippen LogP contribution in [-0.4, -0.2) is 26.9 Å². The van der Waals surface area contributed by atoms with Gasteiger partial charge in [0.2, 0.25) is 5.91 Å². The standard InChI is InChI=1S/C18H27N3O2/c1-13(22)20-9-6-15-16(11-20)19-12-21(17(15)23)10-14-4-7-18(2,3)8-5-14/h12,14H,4-11H2,1-3H3. The smallest absolute Gasteiger partial charge is 0.256 e. The molecule has 0 N–H and O–H groups in total. The van der Waals surface area contributed by atoms with Crippen molar-refractivity contribution in [2.45, 2.75) is 66.0 Å². The maximum absolute atomic E-state index is 12.7. The Morgan fingerprint density at radius 2 is 2.04 bits per heavy atom. The van der Waals surface area contributed by atoms with Crippen LogP contribution in [0.2, 0.25) is 0 Å². The van der Waals surface area contributed by atoms with E-state index in [0.717, 1.165) is 17.8 Å². The Kier molecular flexibility index (Phi) is 4.30. The van der Waals surface area contributed by atoms with Gasteiger partial charge in [0.05, 0.1) is 18.6 Å². The largest absolute Gasteiger partial charge is 0.337 e. The van der Waals surface area contributed by atoms with Gasteiger partial charge in [-0.3, -0.25) is 14.2 Å². The minimum absolute atomic E-state index is 0.0476. The minimum Gasteiger partial charge on any atom is -0.337 e. The highest BCUT2D eigenvalue weighted by atomic mass is 16.2. The summed E-state index contributed by atoms with van der Waals surface area (Å²) in [5, 5.41) is 0. The molecule has 0 atom stereocenters. The predicted octanol–water partition coefficient (Wildman–Crippen LogP) is 2.36. The first-order chi connectivity index (χ1) is 10.9. The molecule has 2 aliphatic rings. The Balaban J connectivity index is 1.73. The highest BCUT2D eigenvalue weighted by molar-refractivity contribution is 5.73. The van der Waals surface area contributed by atoms with Crippen LogP contribution in [0.25, 0.3) is 0 Å². The first kappa shape index (κ1) is 16.2. The van der Waals surface area contributed by atoms with E-state index in [-0.39, 0.29) is 11.5 Å². The van der Waals surface area contributed by atoms with Gasteiger partial charge in [-0.2, -0.15) is 0 Å². The quantitative estimate of drug-likeness (QED) is 0.841. The van der Waals surface area contributed by atoms with Gasteiger partial charge in [-0.25, -0.2) is 4.98 Å². The molecule has 1 aliphatic carbocycles. The van der Waals surface area contributed by atoms with Crippen molar-refractivity contribution in [3.05, 3.63) is 27.9 Å². The fourth-order valence-corrected chi connectivity index (χ4v) is 3.78. The van der Waals surface area contributed by atoms with E-state index in [4.69, 9.17) is 0 Å². The molecule has 23 heavy (non-hydrogen) atoms. The molecule has 0 unspecified atom stereocenters. The number of aromatic nitrogens is 2. The molecule has 0 radical (unpaired) electrons. The SMILES string of the molecule is CC(=O)N1CCc2c(ncn(CC3CCC(C)(C)CC3)c2=O)C1. The number of nitrogens with zero attached hydrogens (tertiary/aromatic N) is 3. The van der Waals surface area contributed by atoms with Crippen LogP contribution in [-0.2, 0) is 24.3 Å². The summed E-state index contributed by atoms with van der Waals surface area (Å²) in [6.07, 6.45) is 7.16. The molecular formula is C18H27N3O2. The van der Waals surface area contributed by atoms with Crippen molar-refractivity contribution in [3.8, 4) is 0 Å². The van der Waals surface area contributed by atoms with Crippen molar-refractivity contribution in [2.75, 3.05) is 6.54 Å². The second-order valence-electron chi connectivity index (χ2n) is 7.93. The lowest BCUT2D eigenvalue weighted by molar-refractivity contribution is -0.129. The van der Waals surface area contributed by atoms with Gasteiger partial charge in [-0.15, -0.1) is 0 Å². The maximum Gasteiger partial charge on any atom is 0.256 e. The van der Waals surface area contributed by atoms with Gasteiger partial charge in [0.1, 0.15) is 0 Å². The van der Waals surface area contributed by atoms with Crippen molar-refractivity contribution < 1.29 is 4.79 Å². The van der Waals surface area contributed by atoms with E-state index in [1.165, 1.54) is 25.7 Å². The third-order valence-corrected chi connectivity index (χ3v) is 5.55. The predicted molar refractivity (Wildman–Crippen MR) is 89.0 cm³/mol. The minimum atomic E-state index is 0.0476. The van der Waals surface area contributed by atoms with Crippen molar-refractivity contribution in [1.82, 2.24) is 14.5 Å². The Hall–Kier alpha value is -1.65. The maximum atomic E-state index is 12.7. The second-order valence-corrected chi connectivity index (χ2v) is 7.93. The number of amides is 1. The Labute approximate surface area is 137 Å². The van der Waals surface area contributed by atoms with E-state index < -0.39 is 0 Å². The molecule has 1 amide bonds. The fourth-order valence-electron chi connectivity index (χ4n) is 3.78. The second kappa shape index (κ2) is 6.10. The molecule has 1 aromatic rings. The van der Waals surface area contributed by atoms with Crippen LogP contribution in [0.3, 0.4) is 0 Å². The summed E-state index contributed by atoms with van der Waals surface area (Å²) in [5.41, 5.74) is 2.13. The van der Waals surface area contributed by atoms with Crippen LogP contribution in [0.1, 0.15) is 57.7 Å². The van der Waals surface area contributed by atoms with E-state index >= 15 is 0 Å². The molecule has 1 aromatic heterocycles. The third-order valence-electron chi connectivity index (χ3n) is 5.55. The fraction of sp³-hybridized carbons (Fsp3) is 0.722. The topological polar surface area (TPSA) is 55.2 Å². The highest BCUT2D eigenvalue weighted by Crippen LogP contribution is 2.38. The Bertz CT molecular complexity index is 653. The summed E-state index contributed by atoms with van der Waals surface area (Å²) < 4.78 is 1.80. The summed E-state index contributed by atoms with van der Waals surface area (Å²) in [6.45, 7) is 8.11. The van der Waals surface area contributed by atoms with E-state index in [1.54, 1.807) is 22.7 Å². The van der Waals surface area contributed by atoms with Gasteiger partial charge in [0.25, 0.3) is 5.56 Å². The molecule has 126 valence electrons. The third kappa shape index (κ3) is 3.48. The summed E-state index contributed by atoms with van der Waals surface area (Å²) in [5.74, 6) is 0.629. The number of fused-ring (bicyclic) bond motifs is 1. The molecule has 0 bridgehead atoms. The molecule has 1 saturated carbocycles. The molecule has 5 heteroatoms. The van der Waals surface area contributed by atoms with E-state index in [2.05, 4.69) is 18.8 Å². The zero-order valence-electron chi connectivity index (χ0n) is 14.5. The van der Waals surface area contributed by atoms with Crippen LogP contribution in [0.15, 0.2) is 11.1 Å². The normalized spacial score (nSPS) is 21.1. The van der Waals surface area contributed by atoms with Crippen LogP contribution >= 0.6 is 0 Å². The monoisotopic (exact) mass is 317 g/mol. The van der Waals surface area contributed by atoms with Crippen molar-refractivity contribution in [2.24, 2.45) is 11.3 Å². The lowest BCUT2D eigenvalue weighted by atomic mass is 9.73. The molecular weight excluding hydrogens is 290 g/mol. The number of hydrogen-bond donors (Lipinski definition) is 0. The number of carbonyl (C=O) groups excluding carboxylic acids is 1. The lowest BCUT2D eigenvalue weighted by Gasteiger charge is -2.34. The molecule has 3 rings (SSSR count). The number of hydrogen-bond acceptors (Lipinski definition) is 3. The molecule has 2 heterocycles. The number of carbonyl (C=O) groups is 1. The van der Waals surface area contributed by atoms with Crippen LogP contribution < -0.4 is 5.56 Å². The molecule has 0 aromatic carbocycles. The lowest BCUT2D eigenvalue weighted by Crippen LogP contribution is -2.40. The Morgan fingerprint density at radius 1 is 1.35 bits per heavy atom. The summed E-state index contributed by atoms with van der Waals surface area (Å²) in [7, 11) is 0. The van der Waals surface area contributed by atoms with Gasteiger partial charge >= 0.3 is 0 Å². The average molecular weight is 317 g/mol. The van der Waals surface area contributed by atoms with Crippen LogP contribution in [0, 0.1) is 11.3 Å². The molecule has 0 saturated heterocycles. The number of rotatable bonds is 2. The first-order valence-corrected chi connectivity index (χ1v) is 8.68. The van der Waals surface area contributed by atoms with Gasteiger partial charge in [-0.1, -0.05) is 13.8 Å². The van der Waals surface area contributed by atoms with Crippen LogP contribution in [0.5, 0.6) is 0 Å². The summed E-state index contributed by atoms with van der Waals surface area (Å²) >= 11 is 0. The van der Waals surface area contributed by atoms with Gasteiger partial charge in [-0.05, 0) is 43.4 Å². The van der Waals surface area contributed by atoms with Crippen molar-refractivity contribution in [1.29, 1.82) is 0 Å².